The van der Waals surface area contributed by atoms with E-state index in [-0.39, 0.29) is 12.5 Å². The zero-order chi connectivity index (χ0) is 15.9. The molecule has 0 saturated carbocycles. The van der Waals surface area contributed by atoms with Gasteiger partial charge in [0.05, 0.1) is 5.75 Å². The van der Waals surface area contributed by atoms with E-state index in [4.69, 9.17) is 9.29 Å². The summed E-state index contributed by atoms with van der Waals surface area (Å²) in [6.45, 7) is 3.90. The Morgan fingerprint density at radius 3 is 2.43 bits per heavy atom. The number of ether oxygens (including phenoxy) is 1. The average Bonchev–Trinajstić information content (AvgIpc) is 2.34. The number of carbonyl (C=O) groups excluding carboxylic acids is 1. The van der Waals surface area contributed by atoms with Crippen molar-refractivity contribution in [2.24, 2.45) is 5.92 Å². The Labute approximate surface area is 125 Å². The molecule has 0 bridgehead atoms. The van der Waals surface area contributed by atoms with Crippen molar-refractivity contribution in [3.8, 4) is 0 Å². The van der Waals surface area contributed by atoms with E-state index >= 15 is 0 Å². The number of rotatable bonds is 7. The fraction of sp³-hybridized carbons (Fsp3) is 0.500. The maximum Gasteiger partial charge on any atom is 0.407 e. The number of benzene rings is 1. The van der Waals surface area contributed by atoms with Gasteiger partial charge in [0.2, 0.25) is 0 Å². The van der Waals surface area contributed by atoms with E-state index in [0.717, 1.165) is 5.56 Å². The third-order valence-electron chi connectivity index (χ3n) is 2.70. The second-order valence-corrected chi connectivity index (χ2v) is 6.78. The molecular formula is C14H21NO5S. The standard InChI is InChI=1S/C14H21NO5S/c1-11(2)8-13(10-21(17,18)19)15-14(16)20-9-12-6-4-3-5-7-12/h3-7,11,13H,8-10H2,1-2H3,(H,15,16)(H,17,18,19)/t13-/m0/s1. The van der Waals surface area contributed by atoms with Crippen molar-refractivity contribution in [1.82, 2.24) is 5.32 Å². The normalized spacial score (nSPS) is 13.0. The van der Waals surface area contributed by atoms with E-state index in [9.17, 15) is 13.2 Å². The second kappa shape index (κ2) is 7.99. The second-order valence-electron chi connectivity index (χ2n) is 5.28. The number of nitrogens with one attached hydrogen (secondary N) is 1. The van der Waals surface area contributed by atoms with Gasteiger partial charge in [-0.1, -0.05) is 44.2 Å². The van der Waals surface area contributed by atoms with Crippen molar-refractivity contribution in [3.63, 3.8) is 0 Å². The highest BCUT2D eigenvalue weighted by Gasteiger charge is 2.20. The number of hydrogen-bond donors (Lipinski definition) is 2. The molecule has 7 heteroatoms. The third-order valence-corrected chi connectivity index (χ3v) is 3.53. The maximum absolute atomic E-state index is 11.7. The summed E-state index contributed by atoms with van der Waals surface area (Å²) in [7, 11) is -4.15. The molecule has 0 heterocycles. The molecular weight excluding hydrogens is 294 g/mol. The molecule has 0 aliphatic rings. The lowest BCUT2D eigenvalue weighted by Gasteiger charge is -2.19. The molecule has 1 atom stereocenters. The number of hydrogen-bond acceptors (Lipinski definition) is 4. The largest absolute Gasteiger partial charge is 0.445 e. The highest BCUT2D eigenvalue weighted by atomic mass is 32.2. The maximum atomic E-state index is 11.7. The van der Waals surface area contributed by atoms with Gasteiger partial charge in [0.25, 0.3) is 10.1 Å². The summed E-state index contributed by atoms with van der Waals surface area (Å²) in [6, 6.07) is 8.47. The van der Waals surface area contributed by atoms with Crippen LogP contribution in [0.5, 0.6) is 0 Å². The Morgan fingerprint density at radius 2 is 1.90 bits per heavy atom. The van der Waals surface area contributed by atoms with Gasteiger partial charge in [-0.25, -0.2) is 4.79 Å². The first-order valence-corrected chi connectivity index (χ1v) is 8.29. The minimum absolute atomic E-state index is 0.104. The Hall–Kier alpha value is -1.60. The predicted molar refractivity (Wildman–Crippen MR) is 79.4 cm³/mol. The van der Waals surface area contributed by atoms with Gasteiger partial charge < -0.3 is 10.1 Å². The highest BCUT2D eigenvalue weighted by Crippen LogP contribution is 2.08. The molecule has 21 heavy (non-hydrogen) atoms. The van der Waals surface area contributed by atoms with Gasteiger partial charge in [0, 0.05) is 6.04 Å². The Balaban J connectivity index is 2.51. The Kier molecular flexibility index (Phi) is 6.64. The van der Waals surface area contributed by atoms with Gasteiger partial charge in [0.1, 0.15) is 6.61 Å². The predicted octanol–water partition coefficient (Wildman–Crippen LogP) is 2.22. The fourth-order valence-electron chi connectivity index (χ4n) is 1.92. The minimum Gasteiger partial charge on any atom is -0.445 e. The number of alkyl carbamates (subject to hydrolysis) is 1. The van der Waals surface area contributed by atoms with E-state index in [1.807, 2.05) is 44.2 Å². The van der Waals surface area contributed by atoms with Crippen LogP contribution in [-0.2, 0) is 21.5 Å². The topological polar surface area (TPSA) is 92.7 Å². The van der Waals surface area contributed by atoms with E-state index in [1.165, 1.54) is 0 Å². The van der Waals surface area contributed by atoms with Crippen LogP contribution in [0.15, 0.2) is 30.3 Å². The summed E-state index contributed by atoms with van der Waals surface area (Å²) in [6.07, 6.45) is -0.270. The van der Waals surface area contributed by atoms with Crippen molar-refractivity contribution in [2.45, 2.75) is 32.9 Å². The SMILES string of the molecule is CC(C)C[C@@H](CS(=O)(=O)O)NC(=O)OCc1ccccc1. The molecule has 0 saturated heterocycles. The van der Waals surface area contributed by atoms with Gasteiger partial charge in [0.15, 0.2) is 0 Å². The van der Waals surface area contributed by atoms with Crippen LogP contribution in [0.25, 0.3) is 0 Å². The number of carbonyl (C=O) groups is 1. The first kappa shape index (κ1) is 17.5. The summed E-state index contributed by atoms with van der Waals surface area (Å²) in [4.78, 5) is 11.7. The van der Waals surface area contributed by atoms with Crippen molar-refractivity contribution in [1.29, 1.82) is 0 Å². The van der Waals surface area contributed by atoms with Crippen LogP contribution in [0.1, 0.15) is 25.8 Å². The minimum atomic E-state index is -4.15. The third kappa shape index (κ3) is 8.31. The van der Waals surface area contributed by atoms with Gasteiger partial charge >= 0.3 is 6.09 Å². The summed E-state index contributed by atoms with van der Waals surface area (Å²) >= 11 is 0. The van der Waals surface area contributed by atoms with Gasteiger partial charge in [-0.15, -0.1) is 0 Å². The van der Waals surface area contributed by atoms with E-state index in [0.29, 0.717) is 6.42 Å². The van der Waals surface area contributed by atoms with Gasteiger partial charge in [-0.05, 0) is 17.9 Å². The molecule has 1 rings (SSSR count). The zero-order valence-corrected chi connectivity index (χ0v) is 13.0. The molecule has 0 aliphatic carbocycles. The molecule has 0 fully saturated rings. The summed E-state index contributed by atoms with van der Waals surface area (Å²) in [5, 5.41) is 2.47. The molecule has 1 aromatic rings. The smallest absolute Gasteiger partial charge is 0.407 e. The van der Waals surface area contributed by atoms with Crippen molar-refractivity contribution < 1.29 is 22.5 Å². The summed E-state index contributed by atoms with van der Waals surface area (Å²) in [5.74, 6) is -0.350. The Bertz CT molecular complexity index is 542. The van der Waals surface area contributed by atoms with Crippen molar-refractivity contribution >= 4 is 16.2 Å². The first-order valence-electron chi connectivity index (χ1n) is 6.68. The summed E-state index contributed by atoms with van der Waals surface area (Å²) in [5.41, 5.74) is 0.836. The highest BCUT2D eigenvalue weighted by molar-refractivity contribution is 7.85. The molecule has 0 radical (unpaired) electrons. The molecule has 2 N–H and O–H groups in total. The monoisotopic (exact) mass is 315 g/mol. The zero-order valence-electron chi connectivity index (χ0n) is 12.2. The van der Waals surface area contributed by atoms with Crippen molar-refractivity contribution in [2.75, 3.05) is 5.75 Å². The summed E-state index contributed by atoms with van der Waals surface area (Å²) < 4.78 is 35.8. The van der Waals surface area contributed by atoms with Gasteiger partial charge in [-0.2, -0.15) is 8.42 Å². The van der Waals surface area contributed by atoms with Crippen LogP contribution >= 0.6 is 0 Å². The molecule has 0 spiro atoms. The van der Waals surface area contributed by atoms with Gasteiger partial charge in [-0.3, -0.25) is 4.55 Å². The van der Waals surface area contributed by atoms with Crippen LogP contribution in [-0.4, -0.2) is 30.9 Å². The lowest BCUT2D eigenvalue weighted by atomic mass is 10.1. The molecule has 0 aromatic heterocycles. The van der Waals surface area contributed by atoms with E-state index in [1.54, 1.807) is 0 Å². The molecule has 1 amide bonds. The van der Waals surface area contributed by atoms with E-state index < -0.39 is 28.0 Å². The van der Waals surface area contributed by atoms with Crippen molar-refractivity contribution in [3.05, 3.63) is 35.9 Å². The molecule has 0 unspecified atom stereocenters. The quantitative estimate of drug-likeness (QED) is 0.753. The molecule has 6 nitrogen and oxygen atoms in total. The fourth-order valence-corrected chi connectivity index (χ4v) is 2.65. The van der Waals surface area contributed by atoms with Crippen LogP contribution in [0.2, 0.25) is 0 Å². The first-order chi connectivity index (χ1) is 9.76. The molecule has 1 aromatic carbocycles. The van der Waals surface area contributed by atoms with Crippen LogP contribution in [0.4, 0.5) is 4.79 Å². The van der Waals surface area contributed by atoms with E-state index in [2.05, 4.69) is 5.32 Å². The van der Waals surface area contributed by atoms with Crippen LogP contribution in [0, 0.1) is 5.92 Å². The lowest BCUT2D eigenvalue weighted by Crippen LogP contribution is -2.40. The molecule has 118 valence electrons. The Morgan fingerprint density at radius 1 is 1.29 bits per heavy atom. The van der Waals surface area contributed by atoms with Crippen LogP contribution < -0.4 is 5.32 Å². The molecule has 0 aliphatic heterocycles. The lowest BCUT2D eigenvalue weighted by molar-refractivity contribution is 0.135. The number of amides is 1. The van der Waals surface area contributed by atoms with Crippen LogP contribution in [0.3, 0.4) is 0 Å². The average molecular weight is 315 g/mol.